The molecule has 3 rings (SSSR count). The number of nitrogens with one attached hydrogen (secondary N) is 2. The summed E-state index contributed by atoms with van der Waals surface area (Å²) in [5, 5.41) is 12.8. The number of nitrogens with two attached hydrogens (primary N) is 1. The fourth-order valence-corrected chi connectivity index (χ4v) is 4.59. The molecule has 0 aliphatic carbocycles. The molecule has 1 heterocycles. The zero-order valence-electron chi connectivity index (χ0n) is 24.0. The normalized spacial score (nSPS) is 16.4. The minimum absolute atomic E-state index is 0.0249. The van der Waals surface area contributed by atoms with Crippen molar-refractivity contribution >= 4 is 41.0 Å². The number of rotatable bonds is 9. The lowest BCUT2D eigenvalue weighted by atomic mass is 9.97. The third-order valence-corrected chi connectivity index (χ3v) is 6.67. The number of urea groups is 1. The first-order chi connectivity index (χ1) is 19.3. The number of benzene rings is 2. The molecule has 0 bridgehead atoms. The summed E-state index contributed by atoms with van der Waals surface area (Å²) in [6, 6.07) is 8.59. The number of anilines is 1. The van der Waals surface area contributed by atoms with Gasteiger partial charge in [-0.05, 0) is 75.1 Å². The number of carboxylic acid groups (broad SMARTS) is 1. The van der Waals surface area contributed by atoms with Crippen LogP contribution in [0.4, 0.5) is 10.5 Å². The maximum absolute atomic E-state index is 13.8. The van der Waals surface area contributed by atoms with Crippen molar-refractivity contribution in [3.8, 4) is 5.75 Å². The Bertz CT molecular complexity index is 1310. The molecule has 41 heavy (non-hydrogen) atoms. The predicted molar refractivity (Wildman–Crippen MR) is 157 cm³/mol. The zero-order chi connectivity index (χ0) is 30.3. The molecular formula is C29H38ClN5O6. The van der Waals surface area contributed by atoms with Crippen LogP contribution in [-0.2, 0) is 16.1 Å². The van der Waals surface area contributed by atoms with E-state index in [0.29, 0.717) is 40.6 Å². The molecule has 0 saturated carbocycles. The number of carbonyl (C=O) groups is 3. The number of imide groups is 1. The monoisotopic (exact) mass is 587 g/mol. The fourth-order valence-electron chi connectivity index (χ4n) is 4.40. The molecule has 0 fully saturated rings. The third kappa shape index (κ3) is 8.58. The standard InChI is InChI=1S/C29H38ClN5O6/c1-6-7-23(17-8-10-21(27(37)38)22(31)14-17)33-28(39)35-16-25(34-41-29(2,3)4)32-15-19(26(35)36)12-18-13-20(30)9-11-24(18)40-5/h8-11,13-14,19,23H,6-7,12,15-16,31H2,1-5H3,(H,32,34)(H,33,39)(H,37,38)/t19-,23+/m0/s1. The summed E-state index contributed by atoms with van der Waals surface area (Å²) < 4.78 is 5.46. The molecule has 0 aromatic heterocycles. The second kappa shape index (κ2) is 13.7. The first-order valence-electron chi connectivity index (χ1n) is 13.4. The van der Waals surface area contributed by atoms with Gasteiger partial charge in [0.1, 0.15) is 11.6 Å². The van der Waals surface area contributed by atoms with Gasteiger partial charge in [0.25, 0.3) is 0 Å². The summed E-state index contributed by atoms with van der Waals surface area (Å²) in [5.74, 6) is -1.34. The van der Waals surface area contributed by atoms with Gasteiger partial charge >= 0.3 is 12.0 Å². The van der Waals surface area contributed by atoms with Crippen LogP contribution in [0.25, 0.3) is 0 Å². The molecule has 5 N–H and O–H groups in total. The van der Waals surface area contributed by atoms with Gasteiger partial charge in [0.15, 0.2) is 0 Å². The molecule has 222 valence electrons. The number of aliphatic imine (C=N–C) groups is 1. The minimum Gasteiger partial charge on any atom is -0.496 e. The van der Waals surface area contributed by atoms with Crippen molar-refractivity contribution < 1.29 is 29.1 Å². The van der Waals surface area contributed by atoms with E-state index in [0.717, 1.165) is 4.90 Å². The van der Waals surface area contributed by atoms with Crippen molar-refractivity contribution in [2.75, 3.05) is 25.9 Å². The van der Waals surface area contributed by atoms with Crippen LogP contribution in [0.5, 0.6) is 5.75 Å². The number of amides is 3. The summed E-state index contributed by atoms with van der Waals surface area (Å²) in [6.07, 6.45) is 1.49. The van der Waals surface area contributed by atoms with Gasteiger partial charge in [-0.3, -0.25) is 25.0 Å². The number of ether oxygens (including phenoxy) is 1. The van der Waals surface area contributed by atoms with Gasteiger partial charge in [-0.15, -0.1) is 0 Å². The van der Waals surface area contributed by atoms with E-state index >= 15 is 0 Å². The Morgan fingerprint density at radius 3 is 2.59 bits per heavy atom. The Hall–Kier alpha value is -3.83. The lowest BCUT2D eigenvalue weighted by Crippen LogP contribution is -2.50. The van der Waals surface area contributed by atoms with Crippen LogP contribution < -0.4 is 21.3 Å². The lowest BCUT2D eigenvalue weighted by molar-refractivity contribution is -0.131. The predicted octanol–water partition coefficient (Wildman–Crippen LogP) is 4.60. The van der Waals surface area contributed by atoms with E-state index in [9.17, 15) is 19.5 Å². The Morgan fingerprint density at radius 2 is 1.98 bits per heavy atom. The Labute approximate surface area is 245 Å². The smallest absolute Gasteiger partial charge is 0.337 e. The summed E-state index contributed by atoms with van der Waals surface area (Å²) in [6.45, 7) is 7.51. The fraction of sp³-hybridized carbons (Fsp3) is 0.448. The summed E-state index contributed by atoms with van der Waals surface area (Å²) in [5.41, 5.74) is 9.65. The number of nitrogens with zero attached hydrogens (tertiary/aromatic N) is 2. The van der Waals surface area contributed by atoms with Gasteiger partial charge in [0, 0.05) is 10.7 Å². The molecular weight excluding hydrogens is 550 g/mol. The van der Waals surface area contributed by atoms with Gasteiger partial charge in [-0.2, -0.15) is 0 Å². The Kier molecular flexibility index (Phi) is 10.6. The number of carbonyl (C=O) groups excluding carboxylic acids is 2. The van der Waals surface area contributed by atoms with Crippen LogP contribution >= 0.6 is 11.6 Å². The minimum atomic E-state index is -1.14. The second-order valence-electron chi connectivity index (χ2n) is 10.8. The van der Waals surface area contributed by atoms with Crippen molar-refractivity contribution in [2.45, 2.75) is 58.6 Å². The summed E-state index contributed by atoms with van der Waals surface area (Å²) >= 11 is 6.22. The topological polar surface area (TPSA) is 156 Å². The largest absolute Gasteiger partial charge is 0.496 e. The van der Waals surface area contributed by atoms with Gasteiger partial charge < -0.3 is 20.9 Å². The number of hydroxylamine groups is 1. The van der Waals surface area contributed by atoms with Crippen LogP contribution in [0.3, 0.4) is 0 Å². The Morgan fingerprint density at radius 1 is 1.24 bits per heavy atom. The molecule has 2 aromatic carbocycles. The highest BCUT2D eigenvalue weighted by atomic mass is 35.5. The van der Waals surface area contributed by atoms with Gasteiger partial charge in [-0.25, -0.2) is 9.59 Å². The van der Waals surface area contributed by atoms with Crippen molar-refractivity contribution in [3.63, 3.8) is 0 Å². The molecule has 2 atom stereocenters. The molecule has 2 aromatic rings. The SMILES string of the molecule is CCC[C@@H](NC(=O)N1CC(NOC(C)(C)C)=NC[C@H](Cc2cc(Cl)ccc2OC)C1=O)c1ccc(C(=O)O)c(N)c1. The maximum Gasteiger partial charge on any atom is 0.337 e. The maximum atomic E-state index is 13.8. The average molecular weight is 588 g/mol. The molecule has 1 aliphatic rings. The lowest BCUT2D eigenvalue weighted by Gasteiger charge is -2.27. The summed E-state index contributed by atoms with van der Waals surface area (Å²) in [4.78, 5) is 50.3. The average Bonchev–Trinajstić information content (AvgIpc) is 3.05. The van der Waals surface area contributed by atoms with Crippen LogP contribution in [-0.4, -0.2) is 59.6 Å². The van der Waals surface area contributed by atoms with Crippen molar-refractivity contribution in [1.29, 1.82) is 0 Å². The van der Waals surface area contributed by atoms with E-state index in [1.165, 1.54) is 19.2 Å². The number of halogens is 1. The number of nitrogen functional groups attached to an aromatic ring is 1. The molecule has 0 saturated heterocycles. The van der Waals surface area contributed by atoms with Gasteiger partial charge in [0.2, 0.25) is 5.91 Å². The first-order valence-corrected chi connectivity index (χ1v) is 13.7. The molecule has 1 aliphatic heterocycles. The molecule has 11 nitrogen and oxygen atoms in total. The Balaban J connectivity index is 1.91. The first kappa shape index (κ1) is 31.7. The van der Waals surface area contributed by atoms with E-state index in [1.54, 1.807) is 24.3 Å². The van der Waals surface area contributed by atoms with E-state index in [1.807, 2.05) is 27.7 Å². The molecule has 12 heteroatoms. The quantitative estimate of drug-likeness (QED) is 0.245. The van der Waals surface area contributed by atoms with Crippen molar-refractivity contribution in [3.05, 3.63) is 58.1 Å². The highest BCUT2D eigenvalue weighted by Crippen LogP contribution is 2.28. The molecule has 3 amide bonds. The number of methoxy groups -OCH3 is 1. The third-order valence-electron chi connectivity index (χ3n) is 6.44. The van der Waals surface area contributed by atoms with E-state index in [2.05, 4.69) is 15.8 Å². The van der Waals surface area contributed by atoms with E-state index in [-0.39, 0.29) is 30.8 Å². The van der Waals surface area contributed by atoms with E-state index in [4.69, 9.17) is 26.9 Å². The highest BCUT2D eigenvalue weighted by Gasteiger charge is 2.34. The number of aromatic carboxylic acids is 1. The van der Waals surface area contributed by atoms with E-state index < -0.39 is 35.5 Å². The van der Waals surface area contributed by atoms with Crippen LogP contribution in [0.1, 0.15) is 68.1 Å². The number of carboxylic acids is 1. The molecule has 0 unspecified atom stereocenters. The number of hydrogen-bond acceptors (Lipinski definition) is 8. The molecule has 0 radical (unpaired) electrons. The second-order valence-corrected chi connectivity index (χ2v) is 11.3. The zero-order valence-corrected chi connectivity index (χ0v) is 24.7. The van der Waals surface area contributed by atoms with Gasteiger partial charge in [0.05, 0.1) is 43.3 Å². The highest BCUT2D eigenvalue weighted by molar-refractivity contribution is 6.30. The van der Waals surface area contributed by atoms with Crippen LogP contribution in [0.15, 0.2) is 41.4 Å². The van der Waals surface area contributed by atoms with Crippen LogP contribution in [0, 0.1) is 5.92 Å². The van der Waals surface area contributed by atoms with Gasteiger partial charge in [-0.1, -0.05) is 31.0 Å². The van der Waals surface area contributed by atoms with Crippen LogP contribution in [0.2, 0.25) is 5.02 Å². The summed E-state index contributed by atoms with van der Waals surface area (Å²) in [7, 11) is 1.54. The van der Waals surface area contributed by atoms with Crippen molar-refractivity contribution in [2.24, 2.45) is 10.9 Å². The van der Waals surface area contributed by atoms with Crippen molar-refractivity contribution in [1.82, 2.24) is 15.7 Å². The molecule has 0 spiro atoms. The number of amidine groups is 1. The number of hydrogen-bond donors (Lipinski definition) is 4.